The van der Waals surface area contributed by atoms with E-state index in [-0.39, 0.29) is 11.9 Å². The number of H-pyrrole nitrogens is 1. The summed E-state index contributed by atoms with van der Waals surface area (Å²) in [6.45, 7) is 3.62. The molecule has 0 fully saturated rings. The van der Waals surface area contributed by atoms with Crippen LogP contribution in [-0.4, -0.2) is 11.0 Å². The van der Waals surface area contributed by atoms with E-state index in [0.717, 1.165) is 10.9 Å². The topological polar surface area (TPSA) is 42.1 Å². The molecule has 78 valence electrons. The summed E-state index contributed by atoms with van der Waals surface area (Å²) >= 11 is 0. The van der Waals surface area contributed by atoms with E-state index in [2.05, 4.69) is 4.98 Å². The number of para-hydroxylation sites is 1. The lowest BCUT2D eigenvalue weighted by molar-refractivity contribution is -0.137. The van der Waals surface area contributed by atoms with E-state index in [1.807, 2.05) is 44.2 Å². The first-order valence-corrected chi connectivity index (χ1v) is 4.96. The van der Waals surface area contributed by atoms with E-state index in [9.17, 15) is 4.79 Å². The number of nitrogens with one attached hydrogen (secondary N) is 1. The Labute approximate surface area is 88.1 Å². The van der Waals surface area contributed by atoms with E-state index in [4.69, 9.17) is 4.74 Å². The quantitative estimate of drug-likeness (QED) is 0.762. The molecular weight excluding hydrogens is 190 g/mol. The minimum absolute atomic E-state index is 0.114. The Balaban J connectivity index is 2.26. The maximum Gasteiger partial charge on any atom is 0.315 e. The fraction of sp³-hybridized carbons (Fsp3) is 0.250. The van der Waals surface area contributed by atoms with Crippen LogP contribution in [0.2, 0.25) is 0 Å². The van der Waals surface area contributed by atoms with Gasteiger partial charge in [0.25, 0.3) is 0 Å². The summed E-state index contributed by atoms with van der Waals surface area (Å²) in [5.74, 6) is 0.174. The van der Waals surface area contributed by atoms with Crippen molar-refractivity contribution in [1.29, 1.82) is 0 Å². The van der Waals surface area contributed by atoms with Crippen LogP contribution in [0.25, 0.3) is 10.9 Å². The van der Waals surface area contributed by atoms with Crippen LogP contribution in [0.5, 0.6) is 5.88 Å². The van der Waals surface area contributed by atoms with Crippen LogP contribution in [0, 0.1) is 5.92 Å². The highest BCUT2D eigenvalue weighted by molar-refractivity contribution is 5.83. The summed E-state index contributed by atoms with van der Waals surface area (Å²) in [7, 11) is 0. The van der Waals surface area contributed by atoms with Gasteiger partial charge in [0.05, 0.1) is 5.92 Å². The molecule has 15 heavy (non-hydrogen) atoms. The second-order valence-electron chi connectivity index (χ2n) is 3.80. The zero-order chi connectivity index (χ0) is 10.8. The van der Waals surface area contributed by atoms with E-state index in [0.29, 0.717) is 5.88 Å². The van der Waals surface area contributed by atoms with Gasteiger partial charge in [0, 0.05) is 17.0 Å². The molecule has 0 saturated carbocycles. The molecule has 0 aliphatic heterocycles. The van der Waals surface area contributed by atoms with Crippen molar-refractivity contribution >= 4 is 16.9 Å². The summed E-state index contributed by atoms with van der Waals surface area (Å²) in [5, 5.41) is 1.05. The van der Waals surface area contributed by atoms with Gasteiger partial charge in [-0.3, -0.25) is 4.79 Å². The Morgan fingerprint density at radius 1 is 1.33 bits per heavy atom. The Morgan fingerprint density at radius 2 is 2.07 bits per heavy atom. The molecule has 3 heteroatoms. The lowest BCUT2D eigenvalue weighted by Crippen LogP contribution is -2.14. The molecule has 0 radical (unpaired) electrons. The third-order valence-electron chi connectivity index (χ3n) is 2.19. The van der Waals surface area contributed by atoms with Crippen LogP contribution in [-0.2, 0) is 4.79 Å². The maximum absolute atomic E-state index is 11.3. The van der Waals surface area contributed by atoms with E-state index >= 15 is 0 Å². The predicted molar refractivity (Wildman–Crippen MR) is 58.8 cm³/mol. The monoisotopic (exact) mass is 203 g/mol. The Hall–Kier alpha value is -1.77. The summed E-state index contributed by atoms with van der Waals surface area (Å²) in [6, 6.07) is 9.63. The molecule has 1 N–H and O–H groups in total. The molecule has 0 bridgehead atoms. The van der Waals surface area contributed by atoms with Crippen LogP contribution in [0.1, 0.15) is 13.8 Å². The zero-order valence-electron chi connectivity index (χ0n) is 8.78. The molecule has 1 aromatic carbocycles. The standard InChI is InChI=1S/C12H13NO2/c1-8(2)12(14)15-11-7-9-5-3-4-6-10(9)13-11/h3-8,13H,1-2H3. The van der Waals surface area contributed by atoms with E-state index in [1.54, 1.807) is 0 Å². The molecule has 1 aromatic heterocycles. The molecule has 2 aromatic rings. The van der Waals surface area contributed by atoms with Crippen molar-refractivity contribution in [3.05, 3.63) is 30.3 Å². The summed E-state index contributed by atoms with van der Waals surface area (Å²) in [4.78, 5) is 14.4. The van der Waals surface area contributed by atoms with E-state index in [1.165, 1.54) is 0 Å². The molecule has 2 rings (SSSR count). The van der Waals surface area contributed by atoms with Crippen molar-refractivity contribution in [1.82, 2.24) is 4.98 Å². The highest BCUT2D eigenvalue weighted by Crippen LogP contribution is 2.20. The second kappa shape index (κ2) is 3.77. The number of aromatic nitrogens is 1. The first-order valence-electron chi connectivity index (χ1n) is 4.96. The van der Waals surface area contributed by atoms with Gasteiger partial charge < -0.3 is 9.72 Å². The molecule has 0 amide bonds. The number of aromatic amines is 1. The summed E-state index contributed by atoms with van der Waals surface area (Å²) in [6.07, 6.45) is 0. The number of ether oxygens (including phenoxy) is 1. The largest absolute Gasteiger partial charge is 0.409 e. The minimum atomic E-state index is -0.221. The van der Waals surface area contributed by atoms with Gasteiger partial charge in [-0.25, -0.2) is 0 Å². The van der Waals surface area contributed by atoms with Crippen molar-refractivity contribution in [3.8, 4) is 5.88 Å². The fourth-order valence-corrected chi connectivity index (χ4v) is 1.33. The minimum Gasteiger partial charge on any atom is -0.409 e. The summed E-state index contributed by atoms with van der Waals surface area (Å²) < 4.78 is 5.17. The number of rotatable bonds is 2. The predicted octanol–water partition coefficient (Wildman–Crippen LogP) is 2.73. The normalized spacial score (nSPS) is 10.9. The van der Waals surface area contributed by atoms with Crippen LogP contribution in [0.15, 0.2) is 30.3 Å². The molecular formula is C12H13NO2. The van der Waals surface area contributed by atoms with Crippen LogP contribution >= 0.6 is 0 Å². The Kier molecular flexibility index (Phi) is 2.46. The number of hydrogen-bond donors (Lipinski definition) is 1. The van der Waals surface area contributed by atoms with Crippen molar-refractivity contribution in [2.75, 3.05) is 0 Å². The van der Waals surface area contributed by atoms with Gasteiger partial charge >= 0.3 is 5.97 Å². The molecule has 0 atom stereocenters. The summed E-state index contributed by atoms with van der Waals surface area (Å²) in [5.41, 5.74) is 0.976. The van der Waals surface area contributed by atoms with Gasteiger partial charge in [-0.05, 0) is 6.07 Å². The van der Waals surface area contributed by atoms with Crippen LogP contribution in [0.4, 0.5) is 0 Å². The molecule has 1 heterocycles. The molecule has 0 spiro atoms. The smallest absolute Gasteiger partial charge is 0.315 e. The SMILES string of the molecule is CC(C)C(=O)Oc1cc2ccccc2[nH]1. The van der Waals surface area contributed by atoms with Crippen molar-refractivity contribution in [2.45, 2.75) is 13.8 Å². The number of hydrogen-bond acceptors (Lipinski definition) is 2. The van der Waals surface area contributed by atoms with Gasteiger partial charge in [-0.15, -0.1) is 0 Å². The molecule has 0 aliphatic rings. The highest BCUT2D eigenvalue weighted by atomic mass is 16.5. The average molecular weight is 203 g/mol. The van der Waals surface area contributed by atoms with Gasteiger partial charge in [-0.1, -0.05) is 32.0 Å². The van der Waals surface area contributed by atoms with E-state index < -0.39 is 0 Å². The fourth-order valence-electron chi connectivity index (χ4n) is 1.33. The zero-order valence-corrected chi connectivity index (χ0v) is 8.78. The van der Waals surface area contributed by atoms with Gasteiger partial charge in [0.15, 0.2) is 0 Å². The van der Waals surface area contributed by atoms with Crippen molar-refractivity contribution in [2.24, 2.45) is 5.92 Å². The van der Waals surface area contributed by atoms with Crippen LogP contribution in [0.3, 0.4) is 0 Å². The molecule has 0 saturated heterocycles. The Morgan fingerprint density at radius 3 is 2.73 bits per heavy atom. The lowest BCUT2D eigenvalue weighted by atomic mass is 10.2. The number of carbonyl (C=O) groups excluding carboxylic acids is 1. The number of esters is 1. The third-order valence-corrected chi connectivity index (χ3v) is 2.19. The molecule has 3 nitrogen and oxygen atoms in total. The van der Waals surface area contributed by atoms with Gasteiger partial charge in [0.2, 0.25) is 5.88 Å². The first kappa shape index (κ1) is 9.77. The lowest BCUT2D eigenvalue weighted by Gasteiger charge is -2.03. The first-order chi connectivity index (χ1) is 7.16. The molecule has 0 aliphatic carbocycles. The van der Waals surface area contributed by atoms with Crippen LogP contribution < -0.4 is 4.74 Å². The Bertz CT molecular complexity index is 452. The number of benzene rings is 1. The number of carbonyl (C=O) groups is 1. The van der Waals surface area contributed by atoms with Crippen molar-refractivity contribution < 1.29 is 9.53 Å². The average Bonchev–Trinajstić information content (AvgIpc) is 2.59. The molecule has 0 unspecified atom stereocenters. The van der Waals surface area contributed by atoms with Gasteiger partial charge in [0.1, 0.15) is 0 Å². The van der Waals surface area contributed by atoms with Gasteiger partial charge in [-0.2, -0.15) is 0 Å². The highest BCUT2D eigenvalue weighted by Gasteiger charge is 2.10. The maximum atomic E-state index is 11.3. The third kappa shape index (κ3) is 2.01. The second-order valence-corrected chi connectivity index (χ2v) is 3.80. The van der Waals surface area contributed by atoms with Crippen molar-refractivity contribution in [3.63, 3.8) is 0 Å². The number of fused-ring (bicyclic) bond motifs is 1.